The molecule has 17 heavy (non-hydrogen) atoms. The lowest BCUT2D eigenvalue weighted by molar-refractivity contribution is -0.0822. The van der Waals surface area contributed by atoms with Gasteiger partial charge < -0.3 is 10.5 Å². The molecule has 3 N–H and O–H groups in total. The van der Waals surface area contributed by atoms with Gasteiger partial charge in [0.25, 0.3) is 0 Å². The maximum atomic E-state index is 11.7. The van der Waals surface area contributed by atoms with Crippen molar-refractivity contribution in [3.63, 3.8) is 0 Å². The number of anilines is 1. The van der Waals surface area contributed by atoms with Gasteiger partial charge in [-0.25, -0.2) is 4.79 Å². The Balaban J connectivity index is 2.71. The Bertz CT molecular complexity index is 404. The number of hydrogen-bond donors (Lipinski definition) is 3. The van der Waals surface area contributed by atoms with E-state index in [2.05, 4.69) is 10.5 Å². The van der Waals surface area contributed by atoms with Crippen LogP contribution in [-0.2, 0) is 0 Å². The molecule has 2 amide bonds. The second-order valence-corrected chi connectivity index (χ2v) is 4.01. The lowest BCUT2D eigenvalue weighted by atomic mass is 10.1. The zero-order chi connectivity index (χ0) is 12.9. The van der Waals surface area contributed by atoms with Crippen LogP contribution in [0.5, 0.6) is 0 Å². The van der Waals surface area contributed by atoms with Crippen LogP contribution in [0.15, 0.2) is 35.5 Å². The molecule has 0 heterocycles. The summed E-state index contributed by atoms with van der Waals surface area (Å²) in [5.74, 6) is 0. The molecule has 6 heteroatoms. The Labute approximate surface area is 99.1 Å². The number of carbonyl (C=O) groups excluding carboxylic acids is 1. The van der Waals surface area contributed by atoms with E-state index in [4.69, 9.17) is 5.21 Å². The van der Waals surface area contributed by atoms with Gasteiger partial charge in [-0.1, -0.05) is 23.4 Å². The van der Waals surface area contributed by atoms with E-state index >= 15 is 0 Å². The minimum absolute atomic E-state index is 0.458. The van der Waals surface area contributed by atoms with Gasteiger partial charge in [0.15, 0.2) is 0 Å². The molecular formula is C11H15N3O3. The molecule has 0 aliphatic heterocycles. The monoisotopic (exact) mass is 237 g/mol. The number of para-hydroxylation sites is 1. The average Bonchev–Trinajstić information content (AvgIpc) is 2.29. The fourth-order valence-electron chi connectivity index (χ4n) is 1.16. The van der Waals surface area contributed by atoms with Crippen molar-refractivity contribution in [3.05, 3.63) is 30.3 Å². The summed E-state index contributed by atoms with van der Waals surface area (Å²) in [6.07, 6.45) is 1.05. The van der Waals surface area contributed by atoms with E-state index in [9.17, 15) is 10.0 Å². The summed E-state index contributed by atoms with van der Waals surface area (Å²) < 4.78 is 0. The third-order valence-electron chi connectivity index (χ3n) is 2.14. The van der Waals surface area contributed by atoms with Crippen LogP contribution in [0, 0.1) is 0 Å². The van der Waals surface area contributed by atoms with Crippen LogP contribution in [0.25, 0.3) is 0 Å². The van der Waals surface area contributed by atoms with Crippen LogP contribution in [-0.4, -0.2) is 33.3 Å². The van der Waals surface area contributed by atoms with Crippen LogP contribution < -0.4 is 5.32 Å². The van der Waals surface area contributed by atoms with Crippen molar-refractivity contribution in [1.82, 2.24) is 5.06 Å². The standard InChI is InChI=1S/C11H15N3O3/c1-11(2,8-12-16)14(17)10(15)13-9-6-4-3-5-7-9/h3-8,16-17H,1-2H3,(H,13,15). The van der Waals surface area contributed by atoms with Crippen LogP contribution >= 0.6 is 0 Å². The first-order chi connectivity index (χ1) is 7.97. The Kier molecular flexibility index (Phi) is 4.06. The number of benzene rings is 1. The zero-order valence-corrected chi connectivity index (χ0v) is 9.66. The molecule has 0 aliphatic rings. The molecule has 1 aromatic rings. The molecule has 0 unspecified atom stereocenters. The molecule has 1 aromatic carbocycles. The summed E-state index contributed by atoms with van der Waals surface area (Å²) >= 11 is 0. The predicted octanol–water partition coefficient (Wildman–Crippen LogP) is 2.15. The smallest absolute Gasteiger partial charge is 0.346 e. The zero-order valence-electron chi connectivity index (χ0n) is 9.66. The van der Waals surface area contributed by atoms with Gasteiger partial charge in [-0.15, -0.1) is 0 Å². The molecule has 0 atom stereocenters. The summed E-state index contributed by atoms with van der Waals surface area (Å²) in [4.78, 5) is 11.7. The number of amides is 2. The molecule has 0 spiro atoms. The van der Waals surface area contributed by atoms with Crippen LogP contribution in [0.4, 0.5) is 10.5 Å². The minimum Gasteiger partial charge on any atom is -0.411 e. The second kappa shape index (κ2) is 5.31. The van der Waals surface area contributed by atoms with Crippen LogP contribution in [0.3, 0.4) is 0 Å². The van der Waals surface area contributed by atoms with Crippen molar-refractivity contribution in [2.45, 2.75) is 19.4 Å². The van der Waals surface area contributed by atoms with Crippen molar-refractivity contribution in [2.24, 2.45) is 5.16 Å². The normalized spacial score (nSPS) is 11.5. The summed E-state index contributed by atoms with van der Waals surface area (Å²) in [6, 6.07) is 8.02. The van der Waals surface area contributed by atoms with Crippen molar-refractivity contribution < 1.29 is 15.2 Å². The van der Waals surface area contributed by atoms with E-state index in [0.717, 1.165) is 6.21 Å². The van der Waals surface area contributed by atoms with Gasteiger partial charge in [-0.3, -0.25) is 5.21 Å². The summed E-state index contributed by atoms with van der Waals surface area (Å²) in [6.45, 7) is 3.05. The maximum Gasteiger partial charge on any atom is 0.346 e. The third kappa shape index (κ3) is 3.46. The van der Waals surface area contributed by atoms with Gasteiger partial charge in [0.1, 0.15) is 5.54 Å². The highest BCUT2D eigenvalue weighted by molar-refractivity contribution is 5.91. The Hall–Kier alpha value is -2.08. The third-order valence-corrected chi connectivity index (χ3v) is 2.14. The summed E-state index contributed by atoms with van der Waals surface area (Å²) in [7, 11) is 0. The maximum absolute atomic E-state index is 11.7. The fraction of sp³-hybridized carbons (Fsp3) is 0.273. The molecule has 0 saturated heterocycles. The molecule has 0 radical (unpaired) electrons. The summed E-state index contributed by atoms with van der Waals surface area (Å²) in [5.41, 5.74) is -0.540. The topological polar surface area (TPSA) is 85.2 Å². The average molecular weight is 237 g/mol. The number of hydroxylamine groups is 2. The molecular weight excluding hydrogens is 222 g/mol. The molecule has 0 aliphatic carbocycles. The van der Waals surface area contributed by atoms with Gasteiger partial charge in [-0.05, 0) is 26.0 Å². The molecule has 1 rings (SSSR count). The number of hydrogen-bond acceptors (Lipinski definition) is 4. The number of oxime groups is 1. The summed E-state index contributed by atoms with van der Waals surface area (Å²) in [5, 5.41) is 23.8. The van der Waals surface area contributed by atoms with Gasteiger partial charge in [-0.2, -0.15) is 5.06 Å². The van der Waals surface area contributed by atoms with E-state index in [1.54, 1.807) is 24.3 Å². The molecule has 6 nitrogen and oxygen atoms in total. The van der Waals surface area contributed by atoms with E-state index in [1.165, 1.54) is 13.8 Å². The van der Waals surface area contributed by atoms with Crippen LogP contribution in [0.2, 0.25) is 0 Å². The first-order valence-electron chi connectivity index (χ1n) is 5.01. The van der Waals surface area contributed by atoms with Crippen molar-refractivity contribution >= 4 is 17.9 Å². The van der Waals surface area contributed by atoms with Crippen molar-refractivity contribution in [2.75, 3.05) is 5.32 Å². The fourth-order valence-corrected chi connectivity index (χ4v) is 1.16. The first kappa shape index (κ1) is 13.0. The Morgan fingerprint density at radius 3 is 2.53 bits per heavy atom. The molecule has 0 fully saturated rings. The highest BCUT2D eigenvalue weighted by Gasteiger charge is 2.28. The van der Waals surface area contributed by atoms with Crippen molar-refractivity contribution in [1.29, 1.82) is 0 Å². The van der Waals surface area contributed by atoms with Gasteiger partial charge in [0.05, 0.1) is 6.21 Å². The number of nitrogens with one attached hydrogen (secondary N) is 1. The number of urea groups is 1. The van der Waals surface area contributed by atoms with E-state index in [1.807, 2.05) is 6.07 Å². The highest BCUT2D eigenvalue weighted by atomic mass is 16.5. The van der Waals surface area contributed by atoms with Crippen LogP contribution in [0.1, 0.15) is 13.8 Å². The van der Waals surface area contributed by atoms with E-state index in [-0.39, 0.29) is 0 Å². The minimum atomic E-state index is -1.10. The van der Waals surface area contributed by atoms with E-state index < -0.39 is 11.6 Å². The number of nitrogens with zero attached hydrogens (tertiary/aromatic N) is 2. The quantitative estimate of drug-likeness (QED) is 0.326. The first-order valence-corrected chi connectivity index (χ1v) is 5.01. The number of rotatable bonds is 3. The molecule has 0 saturated carbocycles. The van der Waals surface area contributed by atoms with E-state index in [0.29, 0.717) is 10.8 Å². The van der Waals surface area contributed by atoms with Gasteiger partial charge in [0.2, 0.25) is 0 Å². The number of carbonyl (C=O) groups is 1. The lowest BCUT2D eigenvalue weighted by Crippen LogP contribution is -2.48. The predicted molar refractivity (Wildman–Crippen MR) is 63.4 cm³/mol. The Morgan fingerprint density at radius 1 is 1.41 bits per heavy atom. The largest absolute Gasteiger partial charge is 0.411 e. The molecule has 0 aromatic heterocycles. The van der Waals surface area contributed by atoms with Gasteiger partial charge >= 0.3 is 6.03 Å². The molecule has 92 valence electrons. The van der Waals surface area contributed by atoms with Crippen molar-refractivity contribution in [3.8, 4) is 0 Å². The SMILES string of the molecule is CC(C)(C=NO)N(O)C(=O)Nc1ccccc1. The second-order valence-electron chi connectivity index (χ2n) is 4.01. The lowest BCUT2D eigenvalue weighted by Gasteiger charge is -2.28. The van der Waals surface area contributed by atoms with Gasteiger partial charge in [0, 0.05) is 5.69 Å². The molecule has 0 bridgehead atoms. The Morgan fingerprint density at radius 2 is 2.00 bits per heavy atom. The highest BCUT2D eigenvalue weighted by Crippen LogP contribution is 2.12.